The fourth-order valence-electron chi connectivity index (χ4n) is 2.38. The predicted octanol–water partition coefficient (Wildman–Crippen LogP) is 3.81. The molecule has 120 valence electrons. The molecule has 1 N–H and O–H groups in total. The summed E-state index contributed by atoms with van der Waals surface area (Å²) in [5.74, 6) is -0.582. The molecule has 2 aromatic rings. The second-order valence-corrected chi connectivity index (χ2v) is 5.54. The van der Waals surface area contributed by atoms with E-state index in [-0.39, 0.29) is 12.3 Å². The van der Waals surface area contributed by atoms with Gasteiger partial charge in [0.2, 0.25) is 0 Å². The molecule has 2 rings (SSSR count). The van der Waals surface area contributed by atoms with Gasteiger partial charge in [0.15, 0.2) is 5.71 Å². The number of oxime groups is 1. The van der Waals surface area contributed by atoms with E-state index in [9.17, 15) is 4.79 Å². The molecular formula is C19H21NO3. The van der Waals surface area contributed by atoms with Gasteiger partial charge in [-0.05, 0) is 37.0 Å². The molecule has 0 aliphatic carbocycles. The fourth-order valence-corrected chi connectivity index (χ4v) is 2.38. The highest BCUT2D eigenvalue weighted by Crippen LogP contribution is 2.13. The zero-order valence-electron chi connectivity index (χ0n) is 13.5. The normalized spacial score (nSPS) is 11.3. The first-order valence-corrected chi connectivity index (χ1v) is 7.58. The maximum Gasteiger partial charge on any atom is 0.356 e. The molecule has 0 amide bonds. The van der Waals surface area contributed by atoms with Crippen LogP contribution in [0.25, 0.3) is 0 Å². The van der Waals surface area contributed by atoms with Gasteiger partial charge >= 0.3 is 5.97 Å². The van der Waals surface area contributed by atoms with Gasteiger partial charge in [-0.1, -0.05) is 59.3 Å². The lowest BCUT2D eigenvalue weighted by Gasteiger charge is -2.08. The molecule has 0 spiro atoms. The maximum absolute atomic E-state index is 12.0. The number of rotatable bonds is 6. The van der Waals surface area contributed by atoms with E-state index in [1.165, 1.54) is 11.1 Å². The molecule has 0 bridgehead atoms. The van der Waals surface area contributed by atoms with Crippen LogP contribution in [-0.2, 0) is 22.6 Å². The summed E-state index contributed by atoms with van der Waals surface area (Å²) in [6.45, 7) is 4.24. The van der Waals surface area contributed by atoms with Gasteiger partial charge in [0.25, 0.3) is 0 Å². The van der Waals surface area contributed by atoms with E-state index in [1.54, 1.807) is 0 Å². The van der Waals surface area contributed by atoms with Gasteiger partial charge in [-0.25, -0.2) is 4.79 Å². The van der Waals surface area contributed by atoms with E-state index < -0.39 is 5.97 Å². The second-order valence-electron chi connectivity index (χ2n) is 5.54. The van der Waals surface area contributed by atoms with E-state index >= 15 is 0 Å². The number of nitrogens with zero attached hydrogens (tertiary/aromatic N) is 1. The zero-order chi connectivity index (χ0) is 16.7. The van der Waals surface area contributed by atoms with E-state index in [4.69, 9.17) is 9.94 Å². The van der Waals surface area contributed by atoms with Crippen molar-refractivity contribution in [3.63, 3.8) is 0 Å². The lowest BCUT2D eigenvalue weighted by Crippen LogP contribution is -2.18. The molecular weight excluding hydrogens is 290 g/mol. The Morgan fingerprint density at radius 1 is 1.13 bits per heavy atom. The van der Waals surface area contributed by atoms with Crippen LogP contribution in [0.5, 0.6) is 0 Å². The molecule has 4 heteroatoms. The van der Waals surface area contributed by atoms with Crippen LogP contribution in [0.2, 0.25) is 0 Å². The van der Waals surface area contributed by atoms with Crippen LogP contribution in [0.1, 0.15) is 28.7 Å². The Morgan fingerprint density at radius 2 is 1.87 bits per heavy atom. The van der Waals surface area contributed by atoms with Crippen molar-refractivity contribution in [2.75, 3.05) is 0 Å². The van der Waals surface area contributed by atoms with Crippen molar-refractivity contribution < 1.29 is 14.7 Å². The lowest BCUT2D eigenvalue weighted by atomic mass is 10.0. The van der Waals surface area contributed by atoms with Crippen molar-refractivity contribution in [1.29, 1.82) is 0 Å². The summed E-state index contributed by atoms with van der Waals surface area (Å²) in [6, 6.07) is 15.6. The summed E-state index contributed by atoms with van der Waals surface area (Å²) < 4.78 is 5.19. The Morgan fingerprint density at radius 3 is 2.52 bits per heavy atom. The molecule has 0 unspecified atom stereocenters. The zero-order valence-corrected chi connectivity index (χ0v) is 13.5. The summed E-state index contributed by atoms with van der Waals surface area (Å²) in [7, 11) is 0. The minimum atomic E-state index is -0.582. The van der Waals surface area contributed by atoms with Crippen molar-refractivity contribution in [3.8, 4) is 0 Å². The molecule has 0 atom stereocenters. The number of esters is 1. The van der Waals surface area contributed by atoms with Gasteiger partial charge in [0, 0.05) is 6.42 Å². The number of carbonyl (C=O) groups is 1. The van der Waals surface area contributed by atoms with Crippen LogP contribution in [0.4, 0.5) is 0 Å². The molecule has 4 nitrogen and oxygen atoms in total. The third kappa shape index (κ3) is 4.95. The van der Waals surface area contributed by atoms with Gasteiger partial charge < -0.3 is 9.94 Å². The highest BCUT2D eigenvalue weighted by Gasteiger charge is 2.14. The molecule has 0 fully saturated rings. The largest absolute Gasteiger partial charge is 0.456 e. The molecule has 0 aliphatic heterocycles. The highest BCUT2D eigenvalue weighted by atomic mass is 16.5. The third-order valence-electron chi connectivity index (χ3n) is 3.70. The number of ether oxygens (including phenoxy) is 1. The molecule has 2 aromatic carbocycles. The maximum atomic E-state index is 12.0. The Labute approximate surface area is 136 Å². The van der Waals surface area contributed by atoms with Gasteiger partial charge in [0.05, 0.1) is 0 Å². The van der Waals surface area contributed by atoms with Crippen molar-refractivity contribution in [2.24, 2.45) is 5.16 Å². The van der Waals surface area contributed by atoms with Crippen LogP contribution in [0.15, 0.2) is 53.7 Å². The van der Waals surface area contributed by atoms with E-state index in [0.717, 1.165) is 11.1 Å². The Balaban J connectivity index is 1.90. The smallest absolute Gasteiger partial charge is 0.356 e. The van der Waals surface area contributed by atoms with Gasteiger partial charge in [-0.15, -0.1) is 0 Å². The average molecular weight is 311 g/mol. The minimum absolute atomic E-state index is 0.0425. The average Bonchev–Trinajstić information content (AvgIpc) is 2.56. The summed E-state index contributed by atoms with van der Waals surface area (Å²) in [6.07, 6.45) is 0.972. The summed E-state index contributed by atoms with van der Waals surface area (Å²) in [5.41, 5.74) is 4.44. The SMILES string of the molecule is Cc1ccc(CC/C(=N/O)C(=O)OCc2ccccc2)c(C)c1. The first-order valence-electron chi connectivity index (χ1n) is 7.58. The quantitative estimate of drug-likeness (QED) is 0.382. The molecule has 0 radical (unpaired) electrons. The summed E-state index contributed by atoms with van der Waals surface area (Å²) in [5, 5.41) is 12.2. The van der Waals surface area contributed by atoms with Crippen LogP contribution in [-0.4, -0.2) is 16.9 Å². The summed E-state index contributed by atoms with van der Waals surface area (Å²) in [4.78, 5) is 12.0. The van der Waals surface area contributed by atoms with Crippen LogP contribution in [0, 0.1) is 13.8 Å². The molecule has 0 heterocycles. The molecule has 0 saturated carbocycles. The topological polar surface area (TPSA) is 58.9 Å². The van der Waals surface area contributed by atoms with E-state index in [0.29, 0.717) is 12.8 Å². The van der Waals surface area contributed by atoms with Gasteiger partial charge in [-0.2, -0.15) is 0 Å². The summed E-state index contributed by atoms with van der Waals surface area (Å²) >= 11 is 0. The van der Waals surface area contributed by atoms with Crippen LogP contribution < -0.4 is 0 Å². The molecule has 0 aromatic heterocycles. The Bertz CT molecular complexity index is 693. The first-order chi connectivity index (χ1) is 11.1. The lowest BCUT2D eigenvalue weighted by molar-refractivity contribution is -0.137. The van der Waals surface area contributed by atoms with Crippen molar-refractivity contribution in [2.45, 2.75) is 33.3 Å². The number of aryl methyl sites for hydroxylation is 3. The molecule has 0 aliphatic rings. The number of benzene rings is 2. The Kier molecular flexibility index (Phi) is 5.92. The number of hydrogen-bond donors (Lipinski definition) is 1. The number of carbonyl (C=O) groups excluding carboxylic acids is 1. The predicted molar refractivity (Wildman–Crippen MR) is 89.7 cm³/mol. The minimum Gasteiger partial charge on any atom is -0.456 e. The highest BCUT2D eigenvalue weighted by molar-refractivity contribution is 6.36. The van der Waals surface area contributed by atoms with Crippen LogP contribution in [0.3, 0.4) is 0 Å². The number of hydrogen-bond acceptors (Lipinski definition) is 4. The van der Waals surface area contributed by atoms with Gasteiger partial charge in [0.1, 0.15) is 6.61 Å². The fraction of sp³-hybridized carbons (Fsp3) is 0.263. The van der Waals surface area contributed by atoms with E-state index in [2.05, 4.69) is 11.2 Å². The monoisotopic (exact) mass is 311 g/mol. The Hall–Kier alpha value is -2.62. The van der Waals surface area contributed by atoms with Crippen molar-refractivity contribution in [3.05, 3.63) is 70.8 Å². The molecule has 23 heavy (non-hydrogen) atoms. The van der Waals surface area contributed by atoms with Gasteiger partial charge in [-0.3, -0.25) is 0 Å². The molecule has 0 saturated heterocycles. The standard InChI is InChI=1S/C19H21NO3/c1-14-8-9-17(15(2)12-14)10-11-18(20-22)19(21)23-13-16-6-4-3-5-7-16/h3-9,12,22H,10-11,13H2,1-2H3/b20-18-. The van der Waals surface area contributed by atoms with Crippen LogP contribution >= 0.6 is 0 Å². The third-order valence-corrected chi connectivity index (χ3v) is 3.70. The van der Waals surface area contributed by atoms with Crippen molar-refractivity contribution >= 4 is 11.7 Å². The van der Waals surface area contributed by atoms with Crippen molar-refractivity contribution in [1.82, 2.24) is 0 Å². The second kappa shape index (κ2) is 8.13. The first kappa shape index (κ1) is 16.7. The van der Waals surface area contributed by atoms with E-state index in [1.807, 2.05) is 56.3 Å².